The van der Waals surface area contributed by atoms with Crippen LogP contribution in [0.25, 0.3) is 10.9 Å². The molecule has 0 aliphatic heterocycles. The Bertz CT molecular complexity index is 1030. The van der Waals surface area contributed by atoms with E-state index in [2.05, 4.69) is 10.3 Å². The summed E-state index contributed by atoms with van der Waals surface area (Å²) in [5.74, 6) is -0.292. The van der Waals surface area contributed by atoms with Crippen molar-refractivity contribution in [3.05, 3.63) is 75.0 Å². The van der Waals surface area contributed by atoms with Crippen molar-refractivity contribution < 1.29 is 9.72 Å². The van der Waals surface area contributed by atoms with E-state index in [0.717, 1.165) is 22.2 Å². The number of aryl methyl sites for hydroxylation is 1. The number of amides is 1. The zero-order valence-electron chi connectivity index (χ0n) is 14.9. The molecule has 0 saturated carbocycles. The van der Waals surface area contributed by atoms with Crippen molar-refractivity contribution in [1.29, 1.82) is 0 Å². The van der Waals surface area contributed by atoms with E-state index in [1.54, 1.807) is 19.1 Å². The van der Waals surface area contributed by atoms with Gasteiger partial charge in [0, 0.05) is 17.1 Å². The van der Waals surface area contributed by atoms with E-state index in [4.69, 9.17) is 0 Å². The number of hydrogen-bond acceptors (Lipinski definition) is 4. The fourth-order valence-electron chi connectivity index (χ4n) is 3.14. The number of aromatic nitrogens is 1. The van der Waals surface area contributed by atoms with Crippen molar-refractivity contribution in [3.8, 4) is 0 Å². The van der Waals surface area contributed by atoms with Crippen LogP contribution >= 0.6 is 0 Å². The number of anilines is 1. The lowest BCUT2D eigenvalue weighted by Gasteiger charge is -2.14. The van der Waals surface area contributed by atoms with Crippen molar-refractivity contribution >= 4 is 28.2 Å². The van der Waals surface area contributed by atoms with Gasteiger partial charge in [-0.05, 0) is 38.0 Å². The number of nitro groups is 1. The van der Waals surface area contributed by atoms with E-state index >= 15 is 0 Å². The van der Waals surface area contributed by atoms with Gasteiger partial charge in [-0.3, -0.25) is 19.9 Å². The normalized spacial score (nSPS) is 10.7. The maximum Gasteiger partial charge on any atom is 0.274 e. The molecule has 3 aromatic rings. The number of para-hydroxylation sites is 1. The van der Waals surface area contributed by atoms with Gasteiger partial charge in [0.05, 0.1) is 27.3 Å². The summed E-state index contributed by atoms with van der Waals surface area (Å²) in [6.45, 7) is 5.51. The maximum atomic E-state index is 13.0. The molecule has 0 spiro atoms. The Morgan fingerprint density at radius 3 is 2.54 bits per heavy atom. The third-order valence-electron chi connectivity index (χ3n) is 4.55. The number of nitro benzene ring substituents is 1. The topological polar surface area (TPSA) is 85.1 Å². The molecule has 0 bridgehead atoms. The molecule has 1 N–H and O–H groups in total. The average molecular weight is 349 g/mol. The largest absolute Gasteiger partial charge is 0.321 e. The zero-order chi connectivity index (χ0) is 18.8. The molecule has 1 amide bonds. The predicted octanol–water partition coefficient (Wildman–Crippen LogP) is 4.57. The molecule has 0 aliphatic rings. The summed E-state index contributed by atoms with van der Waals surface area (Å²) in [5, 5.41) is 14.7. The van der Waals surface area contributed by atoms with E-state index in [1.807, 2.05) is 38.1 Å². The Morgan fingerprint density at radius 1 is 1.12 bits per heavy atom. The second-order valence-corrected chi connectivity index (χ2v) is 6.09. The summed E-state index contributed by atoms with van der Waals surface area (Å²) in [7, 11) is 0. The van der Waals surface area contributed by atoms with Crippen molar-refractivity contribution in [3.63, 3.8) is 0 Å². The lowest BCUT2D eigenvalue weighted by molar-refractivity contribution is -0.385. The van der Waals surface area contributed by atoms with Crippen LogP contribution in [0.2, 0.25) is 0 Å². The van der Waals surface area contributed by atoms with Crippen molar-refractivity contribution in [2.24, 2.45) is 0 Å². The predicted molar refractivity (Wildman–Crippen MR) is 102 cm³/mol. The Kier molecular flexibility index (Phi) is 4.67. The smallest absolute Gasteiger partial charge is 0.274 e. The minimum Gasteiger partial charge on any atom is -0.321 e. The van der Waals surface area contributed by atoms with Crippen LogP contribution in [0.4, 0.5) is 11.4 Å². The lowest BCUT2D eigenvalue weighted by atomic mass is 9.99. The number of fused-ring (bicyclic) bond motifs is 1. The average Bonchev–Trinajstić information content (AvgIpc) is 2.62. The molecule has 3 rings (SSSR count). The van der Waals surface area contributed by atoms with Gasteiger partial charge >= 0.3 is 0 Å². The number of hydrogen-bond donors (Lipinski definition) is 1. The van der Waals surface area contributed by atoms with Gasteiger partial charge in [-0.15, -0.1) is 0 Å². The quantitative estimate of drug-likeness (QED) is 0.552. The summed E-state index contributed by atoms with van der Waals surface area (Å²) < 4.78 is 0. The van der Waals surface area contributed by atoms with Gasteiger partial charge in [-0.2, -0.15) is 0 Å². The standard InChI is InChI=1S/C20H19N3O3/c1-4-15-13(3)19(14-8-5-6-9-17(14)21-15)20(24)22-16-10-7-11-18(12(16)2)23(25)26/h5-11H,4H2,1-3H3,(H,22,24). The third kappa shape index (κ3) is 3.01. The Morgan fingerprint density at radius 2 is 1.85 bits per heavy atom. The number of nitrogens with zero attached hydrogens (tertiary/aromatic N) is 2. The molecule has 0 fully saturated rings. The second kappa shape index (κ2) is 6.92. The first-order valence-electron chi connectivity index (χ1n) is 8.37. The van der Waals surface area contributed by atoms with Crippen molar-refractivity contribution in [2.75, 3.05) is 5.32 Å². The highest BCUT2D eigenvalue weighted by molar-refractivity contribution is 6.13. The Hall–Kier alpha value is -3.28. The third-order valence-corrected chi connectivity index (χ3v) is 4.55. The first-order chi connectivity index (χ1) is 12.4. The van der Waals surface area contributed by atoms with Gasteiger partial charge in [0.15, 0.2) is 0 Å². The molecule has 0 aliphatic carbocycles. The molecule has 132 valence electrons. The monoisotopic (exact) mass is 349 g/mol. The maximum absolute atomic E-state index is 13.0. The summed E-state index contributed by atoms with van der Waals surface area (Å²) in [6.07, 6.45) is 0.715. The van der Waals surface area contributed by atoms with E-state index in [9.17, 15) is 14.9 Å². The molecule has 0 saturated heterocycles. The van der Waals surface area contributed by atoms with Crippen LogP contribution in [-0.2, 0) is 6.42 Å². The minimum atomic E-state index is -0.451. The zero-order valence-corrected chi connectivity index (χ0v) is 14.9. The Labute approximate surface area is 151 Å². The lowest BCUT2D eigenvalue weighted by Crippen LogP contribution is -2.16. The van der Waals surface area contributed by atoms with Gasteiger partial charge < -0.3 is 5.32 Å². The molecular formula is C20H19N3O3. The van der Waals surface area contributed by atoms with Gasteiger partial charge in [0.25, 0.3) is 11.6 Å². The van der Waals surface area contributed by atoms with Crippen LogP contribution in [-0.4, -0.2) is 15.8 Å². The summed E-state index contributed by atoms with van der Waals surface area (Å²) >= 11 is 0. The van der Waals surface area contributed by atoms with Crippen LogP contribution < -0.4 is 5.32 Å². The fraction of sp³-hybridized carbons (Fsp3) is 0.200. The molecule has 26 heavy (non-hydrogen) atoms. The van der Waals surface area contributed by atoms with Crippen LogP contribution in [0.1, 0.15) is 34.1 Å². The molecule has 6 heteroatoms. The highest BCUT2D eigenvalue weighted by atomic mass is 16.6. The molecular weight excluding hydrogens is 330 g/mol. The van der Waals surface area contributed by atoms with E-state index < -0.39 is 4.92 Å². The van der Waals surface area contributed by atoms with Crippen LogP contribution in [0.5, 0.6) is 0 Å². The highest BCUT2D eigenvalue weighted by Gasteiger charge is 2.20. The SMILES string of the molecule is CCc1nc2ccccc2c(C(=O)Nc2cccc([N+](=O)[O-])c2C)c1C. The Balaban J connectivity index is 2.11. The van der Waals surface area contributed by atoms with Crippen molar-refractivity contribution in [2.45, 2.75) is 27.2 Å². The van der Waals surface area contributed by atoms with Gasteiger partial charge in [0.2, 0.25) is 0 Å². The van der Waals surface area contributed by atoms with Crippen LogP contribution in [0, 0.1) is 24.0 Å². The van der Waals surface area contributed by atoms with Gasteiger partial charge in [0.1, 0.15) is 0 Å². The first-order valence-corrected chi connectivity index (χ1v) is 8.37. The molecule has 0 atom stereocenters. The number of pyridine rings is 1. The summed E-state index contributed by atoms with van der Waals surface area (Å²) in [4.78, 5) is 28.3. The first kappa shape index (κ1) is 17.5. The summed E-state index contributed by atoms with van der Waals surface area (Å²) in [5.41, 5.74) is 3.85. The number of carbonyl (C=O) groups is 1. The molecule has 0 radical (unpaired) electrons. The highest BCUT2D eigenvalue weighted by Crippen LogP contribution is 2.28. The summed E-state index contributed by atoms with van der Waals surface area (Å²) in [6, 6.07) is 12.1. The molecule has 1 aromatic heterocycles. The van der Waals surface area contributed by atoms with E-state index in [1.165, 1.54) is 6.07 Å². The second-order valence-electron chi connectivity index (χ2n) is 6.09. The minimum absolute atomic E-state index is 0.0200. The van der Waals surface area contributed by atoms with E-state index in [-0.39, 0.29) is 11.6 Å². The molecule has 1 heterocycles. The number of rotatable bonds is 4. The molecule has 2 aromatic carbocycles. The van der Waals surface area contributed by atoms with E-state index in [0.29, 0.717) is 23.2 Å². The van der Waals surface area contributed by atoms with Crippen LogP contribution in [0.15, 0.2) is 42.5 Å². The van der Waals surface area contributed by atoms with Crippen LogP contribution in [0.3, 0.4) is 0 Å². The van der Waals surface area contributed by atoms with Crippen molar-refractivity contribution in [1.82, 2.24) is 4.98 Å². The molecule has 0 unspecified atom stereocenters. The number of benzene rings is 2. The molecule has 6 nitrogen and oxygen atoms in total. The fourth-order valence-corrected chi connectivity index (χ4v) is 3.14. The van der Waals surface area contributed by atoms with Gasteiger partial charge in [-0.25, -0.2) is 0 Å². The number of carbonyl (C=O) groups excluding carboxylic acids is 1. The number of nitrogens with one attached hydrogen (secondary N) is 1. The van der Waals surface area contributed by atoms with Gasteiger partial charge in [-0.1, -0.05) is 31.2 Å².